The number of nitrogens with zero attached hydrogens (tertiary/aromatic N) is 1. The minimum Gasteiger partial charge on any atom is -0.448 e. The summed E-state index contributed by atoms with van der Waals surface area (Å²) in [5.41, 5.74) is 6.12. The Morgan fingerprint density at radius 3 is 2.58 bits per heavy atom. The molecule has 0 saturated heterocycles. The molecule has 3 nitrogen and oxygen atoms in total. The molecule has 0 atom stereocenters. The van der Waals surface area contributed by atoms with Crippen molar-refractivity contribution >= 4 is 16.7 Å². The topological polar surface area (TPSA) is 22.3 Å². The van der Waals surface area contributed by atoms with Crippen molar-refractivity contribution in [2.24, 2.45) is 0 Å². The molecule has 1 aromatic heterocycles. The van der Waals surface area contributed by atoms with Gasteiger partial charge in [-0.05, 0) is 48.9 Å². The van der Waals surface area contributed by atoms with Crippen LogP contribution in [0.5, 0.6) is 0 Å². The lowest BCUT2D eigenvalue weighted by Gasteiger charge is -2.15. The maximum atomic E-state index is 5.47. The van der Waals surface area contributed by atoms with Crippen LogP contribution in [0.2, 0.25) is 0 Å². The molecule has 0 fully saturated rings. The molecule has 26 heavy (non-hydrogen) atoms. The summed E-state index contributed by atoms with van der Waals surface area (Å²) in [6, 6.07) is 15.0. The molecule has 0 spiro atoms. The van der Waals surface area contributed by atoms with Crippen LogP contribution in [0.15, 0.2) is 55.2 Å². The van der Waals surface area contributed by atoms with E-state index in [1.165, 1.54) is 33.0 Å². The molecular formula is C23H26NO2+. The van der Waals surface area contributed by atoms with Gasteiger partial charge >= 0.3 is 5.88 Å². The molecule has 0 radical (unpaired) electrons. The average molecular weight is 348 g/mol. The van der Waals surface area contributed by atoms with E-state index in [0.29, 0.717) is 12.5 Å². The fraction of sp³-hybridized carbons (Fsp3) is 0.261. The standard InChI is InChI=1S/C23H26NO2/c1-16-14-17(2)20(11-13-25-4)22(15-16)23-21-9-7-6-8-19(21)10-12-24(23)18(3)26-5/h6-10,12,14-15H,3,11,13H2,1-2,4-5H3/q+1. The Hall–Kier alpha value is -2.65. The van der Waals surface area contributed by atoms with E-state index in [4.69, 9.17) is 9.47 Å². The third-order valence-corrected chi connectivity index (χ3v) is 4.79. The molecule has 0 aliphatic carbocycles. The first-order chi connectivity index (χ1) is 12.6. The van der Waals surface area contributed by atoms with Crippen molar-refractivity contribution in [1.82, 2.24) is 0 Å². The van der Waals surface area contributed by atoms with Gasteiger partial charge in [-0.1, -0.05) is 29.8 Å². The molecule has 0 unspecified atom stereocenters. The molecule has 3 heteroatoms. The van der Waals surface area contributed by atoms with Gasteiger partial charge in [0.2, 0.25) is 5.69 Å². The first-order valence-electron chi connectivity index (χ1n) is 8.83. The van der Waals surface area contributed by atoms with Crippen LogP contribution in [0, 0.1) is 13.8 Å². The number of pyridine rings is 1. The van der Waals surface area contributed by atoms with Crippen molar-refractivity contribution in [3.63, 3.8) is 0 Å². The monoisotopic (exact) mass is 348 g/mol. The van der Waals surface area contributed by atoms with Gasteiger partial charge in [-0.2, -0.15) is 0 Å². The fourth-order valence-corrected chi connectivity index (χ4v) is 3.54. The molecule has 0 N–H and O–H groups in total. The molecule has 1 heterocycles. The molecule has 3 rings (SSSR count). The van der Waals surface area contributed by atoms with Crippen LogP contribution < -0.4 is 4.57 Å². The van der Waals surface area contributed by atoms with E-state index < -0.39 is 0 Å². The second kappa shape index (κ2) is 7.71. The lowest BCUT2D eigenvalue weighted by molar-refractivity contribution is -0.587. The maximum Gasteiger partial charge on any atom is 0.366 e. The summed E-state index contributed by atoms with van der Waals surface area (Å²) in [5, 5.41) is 2.37. The highest BCUT2D eigenvalue weighted by atomic mass is 16.5. The summed E-state index contributed by atoms with van der Waals surface area (Å²) in [6.07, 6.45) is 2.89. The normalized spacial score (nSPS) is 10.9. The number of aryl methyl sites for hydroxylation is 2. The van der Waals surface area contributed by atoms with Gasteiger partial charge in [0.1, 0.15) is 0 Å². The molecule has 0 aliphatic heterocycles. The van der Waals surface area contributed by atoms with Gasteiger partial charge in [0, 0.05) is 19.8 Å². The second-order valence-electron chi connectivity index (χ2n) is 6.57. The van der Waals surface area contributed by atoms with Crippen LogP contribution in [-0.2, 0) is 15.9 Å². The van der Waals surface area contributed by atoms with Crippen LogP contribution in [0.1, 0.15) is 16.7 Å². The van der Waals surface area contributed by atoms with Crippen LogP contribution in [0.4, 0.5) is 0 Å². The first-order valence-corrected chi connectivity index (χ1v) is 8.83. The van der Waals surface area contributed by atoms with E-state index in [1.807, 2.05) is 10.8 Å². The van der Waals surface area contributed by atoms with Gasteiger partial charge in [0.05, 0.1) is 24.7 Å². The van der Waals surface area contributed by atoms with E-state index in [0.717, 1.165) is 12.1 Å². The fourth-order valence-electron chi connectivity index (χ4n) is 3.54. The Labute approximate surface area is 155 Å². The van der Waals surface area contributed by atoms with Crippen molar-refractivity contribution in [2.75, 3.05) is 20.8 Å². The summed E-state index contributed by atoms with van der Waals surface area (Å²) in [4.78, 5) is 0. The van der Waals surface area contributed by atoms with E-state index >= 15 is 0 Å². The highest BCUT2D eigenvalue weighted by Crippen LogP contribution is 2.32. The Morgan fingerprint density at radius 1 is 1.08 bits per heavy atom. The summed E-state index contributed by atoms with van der Waals surface area (Å²) in [7, 11) is 3.40. The van der Waals surface area contributed by atoms with Gasteiger partial charge in [0.15, 0.2) is 6.20 Å². The van der Waals surface area contributed by atoms with Crippen molar-refractivity contribution in [1.29, 1.82) is 0 Å². The Bertz CT molecular complexity index is 960. The number of rotatable bonds is 6. The van der Waals surface area contributed by atoms with Gasteiger partial charge in [-0.25, -0.2) is 0 Å². The molecule has 0 aliphatic rings. The minimum atomic E-state index is 0.600. The third-order valence-electron chi connectivity index (χ3n) is 4.79. The van der Waals surface area contributed by atoms with Crippen molar-refractivity contribution in [3.8, 4) is 11.3 Å². The van der Waals surface area contributed by atoms with Crippen molar-refractivity contribution in [3.05, 3.63) is 71.9 Å². The highest BCUT2D eigenvalue weighted by Gasteiger charge is 2.24. The first kappa shape index (κ1) is 18.2. The number of ether oxygens (including phenoxy) is 2. The van der Waals surface area contributed by atoms with Gasteiger partial charge in [0.25, 0.3) is 0 Å². The number of hydrogen-bond acceptors (Lipinski definition) is 2. The van der Waals surface area contributed by atoms with Crippen LogP contribution in [-0.4, -0.2) is 20.8 Å². The lowest BCUT2D eigenvalue weighted by atomic mass is 9.92. The zero-order chi connectivity index (χ0) is 18.7. The Kier molecular flexibility index (Phi) is 5.38. The number of benzene rings is 2. The van der Waals surface area contributed by atoms with Crippen LogP contribution >= 0.6 is 0 Å². The summed E-state index contributed by atoms with van der Waals surface area (Å²) < 4.78 is 12.9. The SMILES string of the molecule is C=C(OC)[n+]1ccc2ccccc2c1-c1cc(C)cc(C)c1CCOC. The van der Waals surface area contributed by atoms with Crippen molar-refractivity contribution in [2.45, 2.75) is 20.3 Å². The maximum absolute atomic E-state index is 5.47. The summed E-state index contributed by atoms with van der Waals surface area (Å²) in [6.45, 7) is 9.08. The summed E-state index contributed by atoms with van der Waals surface area (Å²) >= 11 is 0. The Balaban J connectivity index is 2.39. The van der Waals surface area contributed by atoms with Gasteiger partial charge in [-0.15, -0.1) is 4.57 Å². The molecule has 3 aromatic rings. The predicted molar refractivity (Wildman–Crippen MR) is 107 cm³/mol. The van der Waals surface area contributed by atoms with E-state index in [9.17, 15) is 0 Å². The number of fused-ring (bicyclic) bond motifs is 1. The average Bonchev–Trinajstić information content (AvgIpc) is 2.65. The lowest BCUT2D eigenvalue weighted by Crippen LogP contribution is -2.35. The molecular weight excluding hydrogens is 322 g/mol. The van der Waals surface area contributed by atoms with Crippen LogP contribution in [0.3, 0.4) is 0 Å². The van der Waals surface area contributed by atoms with E-state index in [1.54, 1.807) is 14.2 Å². The molecule has 134 valence electrons. The zero-order valence-electron chi connectivity index (χ0n) is 16.0. The number of hydrogen-bond donors (Lipinski definition) is 0. The third kappa shape index (κ3) is 3.35. The van der Waals surface area contributed by atoms with E-state index in [-0.39, 0.29) is 0 Å². The minimum absolute atomic E-state index is 0.600. The smallest absolute Gasteiger partial charge is 0.366 e. The van der Waals surface area contributed by atoms with E-state index in [2.05, 4.69) is 62.9 Å². The molecule has 0 saturated carbocycles. The Morgan fingerprint density at radius 2 is 1.85 bits per heavy atom. The molecule has 0 amide bonds. The molecule has 2 aromatic carbocycles. The van der Waals surface area contributed by atoms with Crippen molar-refractivity contribution < 1.29 is 14.0 Å². The highest BCUT2D eigenvalue weighted by molar-refractivity contribution is 5.94. The zero-order valence-corrected chi connectivity index (χ0v) is 16.0. The largest absolute Gasteiger partial charge is 0.448 e. The second-order valence-corrected chi connectivity index (χ2v) is 6.57. The quantitative estimate of drug-likeness (QED) is 0.477. The summed E-state index contributed by atoms with van der Waals surface area (Å²) in [5.74, 6) is 0.600. The van der Waals surface area contributed by atoms with Gasteiger partial charge in [-0.3, -0.25) is 0 Å². The number of methoxy groups -OCH3 is 2. The molecule has 0 bridgehead atoms. The number of aromatic nitrogens is 1. The van der Waals surface area contributed by atoms with Gasteiger partial charge < -0.3 is 9.47 Å². The predicted octanol–water partition coefficient (Wildman–Crippen LogP) is 4.67. The van der Waals surface area contributed by atoms with Crippen LogP contribution in [0.25, 0.3) is 27.9 Å².